The lowest BCUT2D eigenvalue weighted by atomic mass is 9.90. The van der Waals surface area contributed by atoms with Crippen LogP contribution in [0.25, 0.3) is 5.69 Å². The summed E-state index contributed by atoms with van der Waals surface area (Å²) < 4.78 is 56.7. The van der Waals surface area contributed by atoms with Gasteiger partial charge in [-0.2, -0.15) is 0 Å². The number of piperidine rings is 1. The summed E-state index contributed by atoms with van der Waals surface area (Å²) in [6, 6.07) is 12.2. The summed E-state index contributed by atoms with van der Waals surface area (Å²) in [6.07, 6.45) is 6.05. The van der Waals surface area contributed by atoms with Crippen molar-refractivity contribution in [1.82, 2.24) is 9.47 Å². The zero-order chi connectivity index (χ0) is 21.3. The first-order chi connectivity index (χ1) is 14.4. The van der Waals surface area contributed by atoms with Gasteiger partial charge in [-0.25, -0.2) is 17.6 Å². The highest BCUT2D eigenvalue weighted by atomic mass is 19.2. The van der Waals surface area contributed by atoms with Crippen molar-refractivity contribution in [2.45, 2.75) is 19.3 Å². The van der Waals surface area contributed by atoms with Gasteiger partial charge >= 0.3 is 0 Å². The summed E-state index contributed by atoms with van der Waals surface area (Å²) in [5.41, 5.74) is 1.07. The van der Waals surface area contributed by atoms with Gasteiger partial charge in [0.15, 0.2) is 23.3 Å². The molecule has 4 rings (SSSR count). The van der Waals surface area contributed by atoms with E-state index >= 15 is 0 Å². The third kappa shape index (κ3) is 3.97. The van der Waals surface area contributed by atoms with Crippen LogP contribution in [0.2, 0.25) is 0 Å². The van der Waals surface area contributed by atoms with Gasteiger partial charge in [0.1, 0.15) is 5.56 Å². The molecular weight excluding hydrogens is 396 g/mol. The Morgan fingerprint density at radius 1 is 0.900 bits per heavy atom. The first-order valence-corrected chi connectivity index (χ1v) is 9.78. The molecular formula is C23H20F4N2O. The van der Waals surface area contributed by atoms with Gasteiger partial charge in [-0.05, 0) is 55.0 Å². The van der Waals surface area contributed by atoms with Crippen LogP contribution in [0.4, 0.5) is 17.6 Å². The average molecular weight is 416 g/mol. The topological polar surface area (TPSA) is 25.2 Å². The van der Waals surface area contributed by atoms with Gasteiger partial charge in [0, 0.05) is 37.2 Å². The second-order valence-electron chi connectivity index (χ2n) is 7.54. The molecule has 1 aromatic heterocycles. The third-order valence-electron chi connectivity index (χ3n) is 5.59. The molecule has 30 heavy (non-hydrogen) atoms. The molecule has 3 nitrogen and oxygen atoms in total. The lowest BCUT2D eigenvalue weighted by Crippen LogP contribution is -2.40. The number of carbonyl (C=O) groups excluding carboxylic acids is 1. The van der Waals surface area contributed by atoms with Gasteiger partial charge in [-0.15, -0.1) is 0 Å². The predicted molar refractivity (Wildman–Crippen MR) is 104 cm³/mol. The van der Waals surface area contributed by atoms with Crippen LogP contribution in [-0.4, -0.2) is 28.5 Å². The van der Waals surface area contributed by atoms with Crippen molar-refractivity contribution in [3.8, 4) is 5.69 Å². The van der Waals surface area contributed by atoms with Gasteiger partial charge in [0.25, 0.3) is 5.91 Å². The van der Waals surface area contributed by atoms with Gasteiger partial charge < -0.3 is 9.47 Å². The van der Waals surface area contributed by atoms with Crippen LogP contribution in [0.15, 0.2) is 54.9 Å². The lowest BCUT2D eigenvalue weighted by Gasteiger charge is -2.32. The molecule has 2 heterocycles. The molecule has 0 bridgehead atoms. The molecule has 0 spiro atoms. The summed E-state index contributed by atoms with van der Waals surface area (Å²) in [7, 11) is 0. The molecule has 1 aliphatic rings. The van der Waals surface area contributed by atoms with Gasteiger partial charge in [-0.3, -0.25) is 4.79 Å². The zero-order valence-electron chi connectivity index (χ0n) is 16.1. The second kappa shape index (κ2) is 8.34. The maximum Gasteiger partial charge on any atom is 0.260 e. The van der Waals surface area contributed by atoms with Crippen molar-refractivity contribution < 1.29 is 22.4 Å². The number of carbonyl (C=O) groups is 1. The number of likely N-dealkylation sites (tertiary alicyclic amines) is 1. The molecule has 1 fully saturated rings. The van der Waals surface area contributed by atoms with E-state index in [2.05, 4.69) is 12.1 Å². The molecule has 0 saturated carbocycles. The Bertz CT molecular complexity index is 1010. The van der Waals surface area contributed by atoms with E-state index in [0.29, 0.717) is 18.8 Å². The molecule has 0 aliphatic carbocycles. The zero-order valence-corrected chi connectivity index (χ0v) is 16.1. The van der Waals surface area contributed by atoms with Crippen molar-refractivity contribution in [3.05, 3.63) is 89.3 Å². The molecule has 0 N–H and O–H groups in total. The Kier molecular flexibility index (Phi) is 5.61. The number of halogens is 4. The van der Waals surface area contributed by atoms with E-state index in [1.807, 2.05) is 41.2 Å². The molecule has 1 aliphatic heterocycles. The average Bonchev–Trinajstić information content (AvgIpc) is 3.28. The number of amides is 1. The lowest BCUT2D eigenvalue weighted by molar-refractivity contribution is 0.0678. The Morgan fingerprint density at radius 3 is 2.03 bits per heavy atom. The summed E-state index contributed by atoms with van der Waals surface area (Å²) in [6.45, 7) is 0.559. The maximum atomic E-state index is 13.9. The van der Waals surface area contributed by atoms with E-state index < -0.39 is 34.7 Å². The van der Waals surface area contributed by atoms with E-state index in [4.69, 9.17) is 0 Å². The van der Waals surface area contributed by atoms with E-state index in [-0.39, 0.29) is 19.2 Å². The monoisotopic (exact) mass is 416 g/mol. The van der Waals surface area contributed by atoms with Crippen molar-refractivity contribution in [1.29, 1.82) is 0 Å². The summed E-state index contributed by atoms with van der Waals surface area (Å²) in [5.74, 6) is -7.15. The molecule has 3 aromatic rings. The Labute approximate surface area is 171 Å². The van der Waals surface area contributed by atoms with Gasteiger partial charge in [0.2, 0.25) is 0 Å². The molecule has 0 radical (unpaired) electrons. The van der Waals surface area contributed by atoms with Crippen LogP contribution < -0.4 is 0 Å². The summed E-state index contributed by atoms with van der Waals surface area (Å²) in [4.78, 5) is 13.7. The summed E-state index contributed by atoms with van der Waals surface area (Å²) in [5, 5.41) is 0. The van der Waals surface area contributed by atoms with Crippen LogP contribution in [0.1, 0.15) is 28.8 Å². The molecule has 0 unspecified atom stereocenters. The fraction of sp³-hybridized carbons (Fsp3) is 0.261. The number of rotatable bonds is 4. The molecule has 156 valence electrons. The highest BCUT2D eigenvalue weighted by Crippen LogP contribution is 2.26. The number of hydrogen-bond donors (Lipinski definition) is 0. The number of hydrogen-bond acceptors (Lipinski definition) is 1. The standard InChI is InChI=1S/C23H20F4N2O/c24-18-14-19(25)22(27)20(21(18)26)23(30)29-11-7-16(8-12-29)13-15-3-5-17(6-4-15)28-9-1-2-10-28/h1-6,9-10,14,16H,7-8,11-13H2. The smallest absolute Gasteiger partial charge is 0.260 e. The SMILES string of the molecule is O=C(c1c(F)c(F)cc(F)c1F)N1CCC(Cc2ccc(-n3cccc3)cc2)CC1. The highest BCUT2D eigenvalue weighted by molar-refractivity contribution is 5.95. The predicted octanol–water partition coefficient (Wildman–Crippen LogP) is 5.13. The van der Waals surface area contributed by atoms with E-state index in [1.54, 1.807) is 0 Å². The van der Waals surface area contributed by atoms with Crippen molar-refractivity contribution in [3.63, 3.8) is 0 Å². The van der Waals surface area contributed by atoms with E-state index in [9.17, 15) is 22.4 Å². The van der Waals surface area contributed by atoms with E-state index in [0.717, 1.165) is 12.1 Å². The number of benzene rings is 2. The number of aromatic nitrogens is 1. The molecule has 1 saturated heterocycles. The fourth-order valence-electron chi connectivity index (χ4n) is 3.90. The van der Waals surface area contributed by atoms with E-state index in [1.165, 1.54) is 10.5 Å². The van der Waals surface area contributed by atoms with Crippen molar-refractivity contribution in [2.75, 3.05) is 13.1 Å². The van der Waals surface area contributed by atoms with Crippen LogP contribution in [0.5, 0.6) is 0 Å². The van der Waals surface area contributed by atoms with Crippen molar-refractivity contribution in [2.24, 2.45) is 5.92 Å². The Balaban J connectivity index is 1.38. The second-order valence-corrected chi connectivity index (χ2v) is 7.54. The van der Waals surface area contributed by atoms with Gasteiger partial charge in [0.05, 0.1) is 0 Å². The van der Waals surface area contributed by atoms with Crippen LogP contribution >= 0.6 is 0 Å². The van der Waals surface area contributed by atoms with Crippen molar-refractivity contribution >= 4 is 5.91 Å². The molecule has 7 heteroatoms. The van der Waals surface area contributed by atoms with Crippen LogP contribution in [-0.2, 0) is 6.42 Å². The fourth-order valence-corrected chi connectivity index (χ4v) is 3.90. The maximum absolute atomic E-state index is 13.9. The highest BCUT2D eigenvalue weighted by Gasteiger charge is 2.30. The minimum Gasteiger partial charge on any atom is -0.338 e. The quantitative estimate of drug-likeness (QED) is 0.428. The van der Waals surface area contributed by atoms with Gasteiger partial charge in [-0.1, -0.05) is 12.1 Å². The Hall–Kier alpha value is -3.09. The summed E-state index contributed by atoms with van der Waals surface area (Å²) >= 11 is 0. The largest absolute Gasteiger partial charge is 0.338 e. The molecule has 0 atom stereocenters. The Morgan fingerprint density at radius 2 is 1.47 bits per heavy atom. The first-order valence-electron chi connectivity index (χ1n) is 9.78. The van der Waals surface area contributed by atoms with Crippen LogP contribution in [0.3, 0.4) is 0 Å². The third-order valence-corrected chi connectivity index (χ3v) is 5.59. The van der Waals surface area contributed by atoms with Crippen LogP contribution in [0, 0.1) is 29.2 Å². The normalized spacial score (nSPS) is 14.9. The molecule has 2 aromatic carbocycles. The first kappa shape index (κ1) is 20.2. The number of nitrogens with zero attached hydrogens (tertiary/aromatic N) is 2. The molecule has 1 amide bonds. The minimum absolute atomic E-state index is 0.106. The minimum atomic E-state index is -1.65.